The van der Waals surface area contributed by atoms with Crippen molar-refractivity contribution in [1.82, 2.24) is 5.32 Å². The number of carbonyl (C=O) groups excluding carboxylic acids is 1. The number of carbonyl (C=O) groups is 1. The van der Waals surface area contributed by atoms with Crippen molar-refractivity contribution in [2.45, 2.75) is 43.6 Å². The molecule has 0 bridgehead atoms. The van der Waals surface area contributed by atoms with Gasteiger partial charge in [0.15, 0.2) is 17.6 Å². The van der Waals surface area contributed by atoms with Crippen LogP contribution in [0.2, 0.25) is 0 Å². The van der Waals surface area contributed by atoms with E-state index in [1.807, 2.05) is 30.3 Å². The van der Waals surface area contributed by atoms with Gasteiger partial charge < -0.3 is 19.5 Å². The Morgan fingerprint density at radius 2 is 1.79 bits per heavy atom. The molecule has 1 N–H and O–H groups in total. The second kappa shape index (κ2) is 7.04. The lowest BCUT2D eigenvalue weighted by molar-refractivity contribution is -0.127. The van der Waals surface area contributed by atoms with Crippen molar-refractivity contribution in [2.75, 3.05) is 19.8 Å². The second-order valence-electron chi connectivity index (χ2n) is 7.98. The molecule has 2 heterocycles. The molecule has 1 saturated carbocycles. The quantitative estimate of drug-likeness (QED) is 0.885. The summed E-state index contributed by atoms with van der Waals surface area (Å²) in [4.78, 5) is 12.8. The summed E-state index contributed by atoms with van der Waals surface area (Å²) in [6.07, 6.45) is 4.69. The van der Waals surface area contributed by atoms with E-state index in [9.17, 15) is 4.79 Å². The molecule has 1 atom stereocenters. The van der Waals surface area contributed by atoms with Gasteiger partial charge in [-0.05, 0) is 42.2 Å². The fraction of sp³-hybridized carbons (Fsp3) is 0.435. The van der Waals surface area contributed by atoms with Gasteiger partial charge in [-0.25, -0.2) is 0 Å². The molecule has 0 saturated heterocycles. The molecule has 1 aliphatic carbocycles. The van der Waals surface area contributed by atoms with Crippen molar-refractivity contribution >= 4 is 5.91 Å². The van der Waals surface area contributed by atoms with E-state index in [-0.39, 0.29) is 11.3 Å². The average Bonchev–Trinajstić information content (AvgIpc) is 3.39. The molecule has 0 aromatic heterocycles. The lowest BCUT2D eigenvalue weighted by Gasteiger charge is -2.31. The number of fused-ring (bicyclic) bond motifs is 2. The Morgan fingerprint density at radius 1 is 1.00 bits per heavy atom. The van der Waals surface area contributed by atoms with E-state index in [1.54, 1.807) is 0 Å². The van der Waals surface area contributed by atoms with Crippen LogP contribution in [0, 0.1) is 0 Å². The number of rotatable bonds is 4. The zero-order chi connectivity index (χ0) is 19.0. The number of hydrogen-bond donors (Lipinski definition) is 1. The summed E-state index contributed by atoms with van der Waals surface area (Å²) in [5.41, 5.74) is 2.28. The maximum atomic E-state index is 12.8. The van der Waals surface area contributed by atoms with E-state index in [0.29, 0.717) is 26.2 Å². The molecule has 2 aromatic carbocycles. The maximum absolute atomic E-state index is 12.8. The van der Waals surface area contributed by atoms with E-state index in [0.717, 1.165) is 35.7 Å². The Bertz CT molecular complexity index is 863. The first kappa shape index (κ1) is 17.4. The predicted molar refractivity (Wildman–Crippen MR) is 105 cm³/mol. The number of amides is 1. The Balaban J connectivity index is 1.30. The van der Waals surface area contributed by atoms with Gasteiger partial charge in [-0.15, -0.1) is 0 Å². The third kappa shape index (κ3) is 3.09. The SMILES string of the molecule is O=C(NCC1(c2ccc3c(c2)OCCO3)CCCC1)[C@@H]1Cc2ccccc2O1. The fourth-order valence-electron chi connectivity index (χ4n) is 4.69. The highest BCUT2D eigenvalue weighted by atomic mass is 16.6. The van der Waals surface area contributed by atoms with E-state index in [4.69, 9.17) is 14.2 Å². The van der Waals surface area contributed by atoms with Crippen LogP contribution >= 0.6 is 0 Å². The third-order valence-corrected chi connectivity index (χ3v) is 6.26. The van der Waals surface area contributed by atoms with Crippen LogP contribution in [0.15, 0.2) is 42.5 Å². The Labute approximate surface area is 165 Å². The van der Waals surface area contributed by atoms with Gasteiger partial charge in [-0.3, -0.25) is 4.79 Å². The molecule has 5 rings (SSSR count). The van der Waals surface area contributed by atoms with Crippen LogP contribution < -0.4 is 19.5 Å². The van der Waals surface area contributed by atoms with Gasteiger partial charge in [0.2, 0.25) is 0 Å². The molecular formula is C23H25NO4. The van der Waals surface area contributed by atoms with Crippen molar-refractivity contribution < 1.29 is 19.0 Å². The topological polar surface area (TPSA) is 56.8 Å². The van der Waals surface area contributed by atoms with Gasteiger partial charge in [0, 0.05) is 18.4 Å². The number of para-hydroxylation sites is 1. The van der Waals surface area contributed by atoms with E-state index >= 15 is 0 Å². The monoisotopic (exact) mass is 379 g/mol. The van der Waals surface area contributed by atoms with E-state index in [2.05, 4.69) is 17.4 Å². The fourth-order valence-corrected chi connectivity index (χ4v) is 4.69. The standard InChI is InChI=1S/C23H25NO4/c25-22(21-13-16-5-1-2-6-18(16)28-21)24-15-23(9-3-4-10-23)17-7-8-19-20(14-17)27-12-11-26-19/h1-2,5-8,14,21H,3-4,9-13,15H2,(H,24,25)/t21-/m0/s1. The second-order valence-corrected chi connectivity index (χ2v) is 7.98. The molecule has 1 amide bonds. The summed E-state index contributed by atoms with van der Waals surface area (Å²) in [6, 6.07) is 14.1. The summed E-state index contributed by atoms with van der Waals surface area (Å²) in [6.45, 7) is 1.80. The summed E-state index contributed by atoms with van der Waals surface area (Å²) in [5.74, 6) is 2.42. The number of ether oxygens (including phenoxy) is 3. The van der Waals surface area contributed by atoms with E-state index in [1.165, 1.54) is 18.4 Å². The molecule has 2 aliphatic heterocycles. The summed E-state index contributed by atoms with van der Waals surface area (Å²) in [7, 11) is 0. The summed E-state index contributed by atoms with van der Waals surface area (Å²) < 4.78 is 17.3. The Morgan fingerprint density at radius 3 is 2.61 bits per heavy atom. The Hall–Kier alpha value is -2.69. The highest BCUT2D eigenvalue weighted by Crippen LogP contribution is 2.44. The van der Waals surface area contributed by atoms with Gasteiger partial charge >= 0.3 is 0 Å². The molecule has 1 fully saturated rings. The molecule has 146 valence electrons. The summed E-state index contributed by atoms with van der Waals surface area (Å²) >= 11 is 0. The molecule has 28 heavy (non-hydrogen) atoms. The average molecular weight is 379 g/mol. The molecule has 0 spiro atoms. The zero-order valence-electron chi connectivity index (χ0n) is 15.9. The highest BCUT2D eigenvalue weighted by Gasteiger charge is 2.38. The minimum atomic E-state index is -0.434. The first-order chi connectivity index (χ1) is 13.7. The zero-order valence-corrected chi connectivity index (χ0v) is 15.9. The van der Waals surface area contributed by atoms with E-state index < -0.39 is 6.10 Å². The predicted octanol–water partition coefficient (Wildman–Crippen LogP) is 3.39. The van der Waals surface area contributed by atoms with Gasteiger partial charge in [-0.2, -0.15) is 0 Å². The van der Waals surface area contributed by atoms with Gasteiger partial charge in [0.1, 0.15) is 19.0 Å². The van der Waals surface area contributed by atoms with Crippen LogP contribution in [-0.2, 0) is 16.6 Å². The highest BCUT2D eigenvalue weighted by molar-refractivity contribution is 5.82. The minimum Gasteiger partial charge on any atom is -0.486 e. The van der Waals surface area contributed by atoms with Gasteiger partial charge in [0.25, 0.3) is 5.91 Å². The van der Waals surface area contributed by atoms with Crippen LogP contribution in [0.5, 0.6) is 17.2 Å². The molecule has 0 unspecified atom stereocenters. The number of benzene rings is 2. The smallest absolute Gasteiger partial charge is 0.261 e. The lowest BCUT2D eigenvalue weighted by atomic mass is 9.78. The van der Waals surface area contributed by atoms with Crippen molar-refractivity contribution in [3.8, 4) is 17.2 Å². The first-order valence-corrected chi connectivity index (χ1v) is 10.2. The molecule has 3 aliphatic rings. The molecule has 0 radical (unpaired) electrons. The van der Waals surface area contributed by atoms with Crippen LogP contribution in [0.25, 0.3) is 0 Å². The van der Waals surface area contributed by atoms with Crippen molar-refractivity contribution in [3.05, 3.63) is 53.6 Å². The van der Waals surface area contributed by atoms with Gasteiger partial charge in [0.05, 0.1) is 0 Å². The van der Waals surface area contributed by atoms with Gasteiger partial charge in [-0.1, -0.05) is 37.1 Å². The minimum absolute atomic E-state index is 0.0278. The van der Waals surface area contributed by atoms with Crippen molar-refractivity contribution in [1.29, 1.82) is 0 Å². The van der Waals surface area contributed by atoms with Crippen LogP contribution in [-0.4, -0.2) is 31.8 Å². The van der Waals surface area contributed by atoms with Crippen LogP contribution in [0.1, 0.15) is 36.8 Å². The molecule has 5 nitrogen and oxygen atoms in total. The summed E-state index contributed by atoms with van der Waals surface area (Å²) in [5, 5.41) is 3.18. The number of nitrogens with one attached hydrogen (secondary N) is 1. The maximum Gasteiger partial charge on any atom is 0.261 e. The third-order valence-electron chi connectivity index (χ3n) is 6.26. The van der Waals surface area contributed by atoms with Crippen LogP contribution in [0.3, 0.4) is 0 Å². The van der Waals surface area contributed by atoms with Crippen molar-refractivity contribution in [3.63, 3.8) is 0 Å². The lowest BCUT2D eigenvalue weighted by Crippen LogP contribution is -2.44. The largest absolute Gasteiger partial charge is 0.486 e. The molecular weight excluding hydrogens is 354 g/mol. The molecule has 5 heteroatoms. The molecule has 2 aromatic rings. The normalized spacial score (nSPS) is 21.6. The van der Waals surface area contributed by atoms with Crippen molar-refractivity contribution in [2.24, 2.45) is 0 Å². The van der Waals surface area contributed by atoms with Crippen LogP contribution in [0.4, 0.5) is 0 Å². The number of hydrogen-bond acceptors (Lipinski definition) is 4. The Kier molecular flexibility index (Phi) is 4.38. The first-order valence-electron chi connectivity index (χ1n) is 10.2.